The number of fused-ring (bicyclic) bond motifs is 1. The number of hydrogen-bond acceptors (Lipinski definition) is 11. The quantitative estimate of drug-likeness (QED) is 0.169. The van der Waals surface area contributed by atoms with E-state index in [1.54, 1.807) is 18.2 Å². The van der Waals surface area contributed by atoms with Crippen molar-refractivity contribution in [3.63, 3.8) is 0 Å². The molecule has 17 heteroatoms. The largest absolute Gasteiger partial charge is 0.483 e. The summed E-state index contributed by atoms with van der Waals surface area (Å²) < 4.78 is 13.2. The molecular weight excluding hydrogens is 594 g/mol. The van der Waals surface area contributed by atoms with Crippen LogP contribution in [0.3, 0.4) is 0 Å². The number of likely N-dealkylation sites (N-methyl/N-ethyl adjacent to an activating group) is 1. The number of rotatable bonds is 10. The standard InChI is InChI=1S/C27H34ClN11O5/c1-30-26(42)23-20(35-36-29)22(41)27(44-23)39-14-34-21-24(32-13-33-25(21)39)31-11-15-10-16(28)4-5-18(15)43-12-19(40)38-8-6-17(7-9-38)37(2)3/h4-5,10,13-14,17,20,22-23,27,41H,6-9,11-12H2,1-3H3,(H,30,42)(H,31,32,33)/t20-,22+,23-,27+/m0/s1. The van der Waals surface area contributed by atoms with Crippen LogP contribution in [0.25, 0.3) is 21.6 Å². The van der Waals surface area contributed by atoms with E-state index in [1.807, 2.05) is 4.90 Å². The Hall–Kier alpha value is -4.21. The molecule has 5 rings (SSSR count). The lowest BCUT2D eigenvalue weighted by molar-refractivity contribution is -0.135. The number of carbonyl (C=O) groups excluding carboxylic acids is 2. The van der Waals surface area contributed by atoms with Gasteiger partial charge in [0, 0.05) is 48.2 Å². The highest BCUT2D eigenvalue weighted by atomic mass is 35.5. The topological polar surface area (TPSA) is 196 Å². The summed E-state index contributed by atoms with van der Waals surface area (Å²) in [4.78, 5) is 45.0. The summed E-state index contributed by atoms with van der Waals surface area (Å²) in [5.74, 6) is 0.264. The van der Waals surface area contributed by atoms with Crippen LogP contribution in [0.1, 0.15) is 24.6 Å². The molecule has 0 radical (unpaired) electrons. The van der Waals surface area contributed by atoms with Gasteiger partial charge in [-0.2, -0.15) is 0 Å². The summed E-state index contributed by atoms with van der Waals surface area (Å²) in [7, 11) is 5.53. The molecule has 44 heavy (non-hydrogen) atoms. The zero-order chi connectivity index (χ0) is 31.4. The molecule has 2 saturated heterocycles. The van der Waals surface area contributed by atoms with Gasteiger partial charge in [0.25, 0.3) is 5.91 Å². The van der Waals surface area contributed by atoms with Crippen molar-refractivity contribution in [3.05, 3.63) is 51.9 Å². The summed E-state index contributed by atoms with van der Waals surface area (Å²) >= 11 is 6.29. The first-order valence-electron chi connectivity index (χ1n) is 14.1. The summed E-state index contributed by atoms with van der Waals surface area (Å²) in [6.07, 6.45) is 0.924. The van der Waals surface area contributed by atoms with E-state index in [-0.39, 0.29) is 19.1 Å². The molecule has 16 nitrogen and oxygen atoms in total. The minimum absolute atomic E-state index is 0.0724. The van der Waals surface area contributed by atoms with E-state index in [0.29, 0.717) is 52.4 Å². The number of nitrogens with zero attached hydrogens (tertiary/aromatic N) is 9. The van der Waals surface area contributed by atoms with Gasteiger partial charge < -0.3 is 35.0 Å². The maximum atomic E-state index is 12.9. The molecule has 3 N–H and O–H groups in total. The second-order valence-corrected chi connectivity index (χ2v) is 11.2. The van der Waals surface area contributed by atoms with Crippen LogP contribution in [0.5, 0.6) is 5.75 Å². The minimum Gasteiger partial charge on any atom is -0.483 e. The number of aliphatic hydroxyl groups is 1. The molecule has 0 spiro atoms. The number of benzene rings is 1. The third kappa shape index (κ3) is 6.49. The van der Waals surface area contributed by atoms with Crippen molar-refractivity contribution in [3.8, 4) is 5.75 Å². The van der Waals surface area contributed by atoms with Gasteiger partial charge in [-0.25, -0.2) is 15.0 Å². The molecule has 234 valence electrons. The van der Waals surface area contributed by atoms with Crippen LogP contribution in [0.4, 0.5) is 5.82 Å². The van der Waals surface area contributed by atoms with Gasteiger partial charge >= 0.3 is 0 Å². The number of hydrogen-bond donors (Lipinski definition) is 3. The number of ether oxygens (including phenoxy) is 2. The fourth-order valence-corrected chi connectivity index (χ4v) is 5.67. The number of amides is 2. The number of halogens is 1. The van der Waals surface area contributed by atoms with Crippen molar-refractivity contribution in [2.24, 2.45) is 5.11 Å². The fraction of sp³-hybridized carbons (Fsp3) is 0.519. The first-order chi connectivity index (χ1) is 21.2. The third-order valence-electron chi connectivity index (χ3n) is 7.93. The lowest BCUT2D eigenvalue weighted by Gasteiger charge is -2.35. The van der Waals surface area contributed by atoms with Crippen LogP contribution in [0, 0.1) is 0 Å². The van der Waals surface area contributed by atoms with E-state index in [1.165, 1.54) is 24.3 Å². The van der Waals surface area contributed by atoms with Gasteiger partial charge in [-0.15, -0.1) is 0 Å². The van der Waals surface area contributed by atoms with Gasteiger partial charge in [0.2, 0.25) is 5.91 Å². The first kappa shape index (κ1) is 31.2. The van der Waals surface area contributed by atoms with E-state index < -0.39 is 30.4 Å². The van der Waals surface area contributed by atoms with Crippen LogP contribution in [0.15, 0.2) is 36.0 Å². The van der Waals surface area contributed by atoms with E-state index in [9.17, 15) is 14.7 Å². The van der Waals surface area contributed by atoms with Crippen molar-refractivity contribution in [1.82, 2.24) is 34.6 Å². The Morgan fingerprint density at radius 3 is 2.75 bits per heavy atom. The molecule has 2 aliphatic rings. The van der Waals surface area contributed by atoms with Crippen molar-refractivity contribution in [2.45, 2.75) is 49.9 Å². The maximum absolute atomic E-state index is 12.9. The number of nitrogens with one attached hydrogen (secondary N) is 2. The predicted octanol–water partition coefficient (Wildman–Crippen LogP) is 1.71. The van der Waals surface area contributed by atoms with E-state index in [0.717, 1.165) is 12.8 Å². The van der Waals surface area contributed by atoms with E-state index in [4.69, 9.17) is 26.6 Å². The minimum atomic E-state index is -1.34. The van der Waals surface area contributed by atoms with Gasteiger partial charge in [-0.1, -0.05) is 16.7 Å². The first-order valence-corrected chi connectivity index (χ1v) is 14.5. The maximum Gasteiger partial charge on any atom is 0.260 e. The fourth-order valence-electron chi connectivity index (χ4n) is 5.47. The van der Waals surface area contributed by atoms with Crippen LogP contribution < -0.4 is 15.4 Å². The Morgan fingerprint density at radius 1 is 1.27 bits per heavy atom. The Labute approximate surface area is 257 Å². The van der Waals surface area contributed by atoms with Gasteiger partial charge in [0.1, 0.15) is 30.3 Å². The lowest BCUT2D eigenvalue weighted by atomic mass is 10.0. The highest BCUT2D eigenvalue weighted by Crippen LogP contribution is 2.34. The second kappa shape index (κ2) is 13.6. The number of azide groups is 1. The molecule has 3 aromatic rings. The molecule has 0 bridgehead atoms. The summed E-state index contributed by atoms with van der Waals surface area (Å²) in [5.41, 5.74) is 10.3. The average molecular weight is 628 g/mol. The molecule has 0 aliphatic carbocycles. The molecule has 2 fully saturated rings. The van der Waals surface area contributed by atoms with Crippen LogP contribution in [0.2, 0.25) is 5.02 Å². The molecule has 0 unspecified atom stereocenters. The summed E-state index contributed by atoms with van der Waals surface area (Å²) in [6, 6.07) is 4.47. The molecule has 2 amide bonds. The predicted molar refractivity (Wildman–Crippen MR) is 160 cm³/mol. The molecule has 2 aromatic heterocycles. The number of likely N-dealkylation sites (tertiary alicyclic amines) is 1. The Kier molecular flexibility index (Phi) is 9.66. The zero-order valence-electron chi connectivity index (χ0n) is 24.5. The van der Waals surface area contributed by atoms with Gasteiger partial charge in [0.05, 0.1) is 6.33 Å². The summed E-state index contributed by atoms with van der Waals surface area (Å²) in [5, 5.41) is 20.6. The number of anilines is 1. The number of imidazole rings is 1. The Bertz CT molecular complexity index is 1550. The van der Waals surface area contributed by atoms with Gasteiger partial charge in [0.15, 0.2) is 29.8 Å². The summed E-state index contributed by atoms with van der Waals surface area (Å²) in [6.45, 7) is 1.52. The highest BCUT2D eigenvalue weighted by Gasteiger charge is 2.48. The smallest absolute Gasteiger partial charge is 0.260 e. The van der Waals surface area contributed by atoms with Crippen molar-refractivity contribution >= 4 is 40.4 Å². The zero-order valence-corrected chi connectivity index (χ0v) is 25.3. The number of carbonyl (C=O) groups is 2. The number of aromatic nitrogens is 4. The normalized spacial score (nSPS) is 22.2. The molecule has 1 aromatic carbocycles. The molecule has 4 atom stereocenters. The Morgan fingerprint density at radius 2 is 2.05 bits per heavy atom. The van der Waals surface area contributed by atoms with Gasteiger partial charge in [-0.05, 0) is 50.7 Å². The SMILES string of the molecule is CNC(=O)[C@H]1O[C@@H](n2cnc3c(NCc4cc(Cl)ccc4OCC(=O)N4CCC(N(C)C)CC4)ncnc32)[C@H](O)[C@@H]1N=[N+]=[N-]. The monoisotopic (exact) mass is 627 g/mol. The van der Waals surface area contributed by atoms with Crippen LogP contribution in [-0.2, 0) is 20.9 Å². The number of piperidine rings is 1. The second-order valence-electron chi connectivity index (χ2n) is 10.8. The third-order valence-corrected chi connectivity index (χ3v) is 8.16. The number of aliphatic hydroxyl groups excluding tert-OH is 1. The Balaban J connectivity index is 1.28. The van der Waals surface area contributed by atoms with Crippen LogP contribution in [-0.4, -0.2) is 111 Å². The molecule has 2 aliphatic heterocycles. The van der Waals surface area contributed by atoms with Crippen molar-refractivity contribution in [2.75, 3.05) is 46.2 Å². The van der Waals surface area contributed by atoms with Crippen molar-refractivity contribution < 1.29 is 24.2 Å². The van der Waals surface area contributed by atoms with Gasteiger partial charge in [-0.3, -0.25) is 14.2 Å². The van der Waals surface area contributed by atoms with E-state index in [2.05, 4.69) is 54.6 Å². The molecule has 0 saturated carbocycles. The molecule has 4 heterocycles. The average Bonchev–Trinajstić information content (AvgIpc) is 3.60. The molecular formula is C27H34ClN11O5. The van der Waals surface area contributed by atoms with Crippen molar-refractivity contribution in [1.29, 1.82) is 0 Å². The van der Waals surface area contributed by atoms with E-state index >= 15 is 0 Å². The highest BCUT2D eigenvalue weighted by molar-refractivity contribution is 6.30. The van der Waals surface area contributed by atoms with Crippen LogP contribution >= 0.6 is 11.6 Å². The lowest BCUT2D eigenvalue weighted by Crippen LogP contribution is -2.45.